The van der Waals surface area contributed by atoms with Crippen LogP contribution in [0, 0.1) is 0 Å². The fraction of sp³-hybridized carbons (Fsp3) is 0.727. The second-order valence-corrected chi connectivity index (χ2v) is 4.88. The molecule has 7 heteroatoms. The Balaban J connectivity index is 2.57. The summed E-state index contributed by atoms with van der Waals surface area (Å²) in [6.07, 6.45) is -2.35. The summed E-state index contributed by atoms with van der Waals surface area (Å²) in [5, 5.41) is 0. The average molecular weight is 259 g/mol. The van der Waals surface area contributed by atoms with Gasteiger partial charge in [-0.15, -0.1) is 0 Å². The number of imide groups is 1. The quantitative estimate of drug-likeness (QED) is 0.549. The molecule has 1 fully saturated rings. The number of amides is 2. The van der Waals surface area contributed by atoms with Crippen LogP contribution >= 0.6 is 0 Å². The van der Waals surface area contributed by atoms with Gasteiger partial charge in [-0.2, -0.15) is 0 Å². The van der Waals surface area contributed by atoms with Gasteiger partial charge in [0.15, 0.2) is 0 Å². The fourth-order valence-corrected chi connectivity index (χ4v) is 1.36. The van der Waals surface area contributed by atoms with E-state index in [0.717, 1.165) is 4.90 Å². The van der Waals surface area contributed by atoms with Crippen molar-refractivity contribution in [3.8, 4) is 0 Å². The van der Waals surface area contributed by atoms with Crippen molar-refractivity contribution in [2.24, 2.45) is 0 Å². The van der Waals surface area contributed by atoms with Gasteiger partial charge in [0.05, 0.1) is 20.1 Å². The summed E-state index contributed by atoms with van der Waals surface area (Å²) in [4.78, 5) is 35.0. The zero-order valence-corrected chi connectivity index (χ0v) is 10.9. The molecule has 0 radical (unpaired) electrons. The molecule has 1 rings (SSSR count). The van der Waals surface area contributed by atoms with Crippen LogP contribution in [0.2, 0.25) is 0 Å². The third-order valence-electron chi connectivity index (χ3n) is 2.11. The standard InChI is InChI=1S/C11H17NO6/c1-11(2,3)18-10(15)12-6-7(17-9(12)14)5-8(13)16-4/h7H,5-6H2,1-4H3/t7-/m1/s1. The summed E-state index contributed by atoms with van der Waals surface area (Å²) < 4.78 is 14.4. The first kappa shape index (κ1) is 14.3. The third kappa shape index (κ3) is 3.90. The summed E-state index contributed by atoms with van der Waals surface area (Å²) >= 11 is 0. The number of cyclic esters (lactones) is 1. The molecule has 2 amide bonds. The SMILES string of the molecule is COC(=O)C[C@@H]1CN(C(=O)OC(C)(C)C)C(=O)O1. The summed E-state index contributed by atoms with van der Waals surface area (Å²) in [5.41, 5.74) is -0.697. The number of hydrogen-bond acceptors (Lipinski definition) is 6. The first-order valence-corrected chi connectivity index (χ1v) is 5.51. The molecular weight excluding hydrogens is 242 g/mol. The molecule has 1 saturated heterocycles. The number of nitrogens with zero attached hydrogens (tertiary/aromatic N) is 1. The van der Waals surface area contributed by atoms with Gasteiger partial charge >= 0.3 is 18.2 Å². The van der Waals surface area contributed by atoms with E-state index in [2.05, 4.69) is 4.74 Å². The Hall–Kier alpha value is -1.79. The van der Waals surface area contributed by atoms with Crippen molar-refractivity contribution in [2.45, 2.75) is 38.9 Å². The summed E-state index contributed by atoms with van der Waals surface area (Å²) in [7, 11) is 1.24. The van der Waals surface area contributed by atoms with Gasteiger partial charge in [0.2, 0.25) is 0 Å². The zero-order valence-electron chi connectivity index (χ0n) is 10.9. The number of hydrogen-bond donors (Lipinski definition) is 0. The predicted octanol–water partition coefficient (Wildman–Crippen LogP) is 1.31. The van der Waals surface area contributed by atoms with Crippen LogP contribution in [0.1, 0.15) is 27.2 Å². The van der Waals surface area contributed by atoms with E-state index in [1.807, 2.05) is 0 Å². The molecule has 7 nitrogen and oxygen atoms in total. The maximum Gasteiger partial charge on any atom is 0.419 e. The third-order valence-corrected chi connectivity index (χ3v) is 2.11. The molecule has 1 aliphatic rings. The van der Waals surface area contributed by atoms with E-state index < -0.39 is 29.9 Å². The van der Waals surface area contributed by atoms with Gasteiger partial charge in [-0.3, -0.25) is 4.79 Å². The Morgan fingerprint density at radius 2 is 2.06 bits per heavy atom. The number of rotatable bonds is 2. The minimum Gasteiger partial charge on any atom is -0.469 e. The van der Waals surface area contributed by atoms with E-state index in [1.165, 1.54) is 7.11 Å². The van der Waals surface area contributed by atoms with Crippen LogP contribution in [0.4, 0.5) is 9.59 Å². The molecule has 0 spiro atoms. The molecule has 18 heavy (non-hydrogen) atoms. The molecule has 0 aromatic rings. The Kier molecular flexibility index (Phi) is 4.15. The van der Waals surface area contributed by atoms with Crippen LogP contribution in [0.3, 0.4) is 0 Å². The largest absolute Gasteiger partial charge is 0.469 e. The molecule has 102 valence electrons. The Morgan fingerprint density at radius 1 is 1.44 bits per heavy atom. The van der Waals surface area contributed by atoms with Gasteiger partial charge in [0, 0.05) is 0 Å². The average Bonchev–Trinajstić information content (AvgIpc) is 2.56. The number of ether oxygens (including phenoxy) is 3. The predicted molar refractivity (Wildman–Crippen MR) is 59.8 cm³/mol. The molecule has 1 aliphatic heterocycles. The van der Waals surface area contributed by atoms with E-state index in [9.17, 15) is 14.4 Å². The first-order chi connectivity index (χ1) is 8.23. The summed E-state index contributed by atoms with van der Waals surface area (Å²) in [6, 6.07) is 0. The number of methoxy groups -OCH3 is 1. The van der Waals surface area contributed by atoms with Gasteiger partial charge < -0.3 is 14.2 Å². The van der Waals surface area contributed by atoms with Gasteiger partial charge in [-0.25, -0.2) is 14.5 Å². The lowest BCUT2D eigenvalue weighted by Gasteiger charge is -2.22. The van der Waals surface area contributed by atoms with Crippen molar-refractivity contribution < 1.29 is 28.6 Å². The van der Waals surface area contributed by atoms with Gasteiger partial charge in [-0.05, 0) is 20.8 Å². The van der Waals surface area contributed by atoms with Gasteiger partial charge in [0.1, 0.15) is 11.7 Å². The molecule has 0 saturated carbocycles. The van der Waals surface area contributed by atoms with E-state index in [0.29, 0.717) is 0 Å². The molecule has 0 aromatic heterocycles. The lowest BCUT2D eigenvalue weighted by Crippen LogP contribution is -2.37. The van der Waals surface area contributed by atoms with E-state index >= 15 is 0 Å². The minimum absolute atomic E-state index is 0.0111. The number of carbonyl (C=O) groups excluding carboxylic acids is 3. The molecule has 0 bridgehead atoms. The topological polar surface area (TPSA) is 82.1 Å². The smallest absolute Gasteiger partial charge is 0.419 e. The lowest BCUT2D eigenvalue weighted by atomic mass is 10.2. The van der Waals surface area contributed by atoms with E-state index in [4.69, 9.17) is 9.47 Å². The molecule has 0 N–H and O–H groups in total. The van der Waals surface area contributed by atoms with Crippen LogP contribution in [0.15, 0.2) is 0 Å². The molecule has 0 aromatic carbocycles. The van der Waals surface area contributed by atoms with Gasteiger partial charge in [-0.1, -0.05) is 0 Å². The Bertz CT molecular complexity index is 359. The Labute approximate surface area is 105 Å². The highest BCUT2D eigenvalue weighted by molar-refractivity contribution is 5.89. The van der Waals surface area contributed by atoms with Crippen LogP contribution in [0.5, 0.6) is 0 Å². The summed E-state index contributed by atoms with van der Waals surface area (Å²) in [6.45, 7) is 5.07. The second-order valence-electron chi connectivity index (χ2n) is 4.88. The lowest BCUT2D eigenvalue weighted by molar-refractivity contribution is -0.142. The second kappa shape index (κ2) is 5.24. The van der Waals surface area contributed by atoms with E-state index in [1.54, 1.807) is 20.8 Å². The van der Waals surface area contributed by atoms with Gasteiger partial charge in [0.25, 0.3) is 0 Å². The van der Waals surface area contributed by atoms with Crippen LogP contribution in [-0.2, 0) is 19.0 Å². The molecule has 0 unspecified atom stereocenters. The maximum atomic E-state index is 11.7. The van der Waals surface area contributed by atoms with Crippen molar-refractivity contribution in [3.05, 3.63) is 0 Å². The number of carbonyl (C=O) groups is 3. The molecule has 0 aliphatic carbocycles. The molecule has 1 atom stereocenters. The van der Waals surface area contributed by atoms with Crippen LogP contribution in [0.25, 0.3) is 0 Å². The monoisotopic (exact) mass is 259 g/mol. The van der Waals surface area contributed by atoms with Crippen LogP contribution < -0.4 is 0 Å². The Morgan fingerprint density at radius 3 is 2.56 bits per heavy atom. The molecular formula is C11H17NO6. The van der Waals surface area contributed by atoms with Crippen molar-refractivity contribution in [1.29, 1.82) is 0 Å². The molecule has 1 heterocycles. The highest BCUT2D eigenvalue weighted by atomic mass is 16.6. The van der Waals surface area contributed by atoms with Crippen molar-refractivity contribution in [3.63, 3.8) is 0 Å². The highest BCUT2D eigenvalue weighted by Gasteiger charge is 2.39. The van der Waals surface area contributed by atoms with Crippen molar-refractivity contribution >= 4 is 18.2 Å². The minimum atomic E-state index is -0.807. The normalized spacial score (nSPS) is 19.4. The van der Waals surface area contributed by atoms with Crippen molar-refractivity contribution in [1.82, 2.24) is 4.90 Å². The first-order valence-electron chi connectivity index (χ1n) is 5.51. The van der Waals surface area contributed by atoms with E-state index in [-0.39, 0.29) is 13.0 Å². The fourth-order valence-electron chi connectivity index (χ4n) is 1.36. The summed E-state index contributed by atoms with van der Waals surface area (Å²) in [5.74, 6) is -0.501. The van der Waals surface area contributed by atoms with Crippen LogP contribution in [-0.4, -0.2) is 48.4 Å². The zero-order chi connectivity index (χ0) is 13.9. The number of esters is 1. The maximum absolute atomic E-state index is 11.7. The highest BCUT2D eigenvalue weighted by Crippen LogP contribution is 2.18. The van der Waals surface area contributed by atoms with Crippen molar-refractivity contribution in [2.75, 3.05) is 13.7 Å².